The molecule has 1 aliphatic rings. The Labute approximate surface area is 95.0 Å². The van der Waals surface area contributed by atoms with E-state index in [-0.39, 0.29) is 18.3 Å². The van der Waals surface area contributed by atoms with E-state index in [0.717, 1.165) is 0 Å². The van der Waals surface area contributed by atoms with Crippen molar-refractivity contribution >= 4 is 11.8 Å². The van der Waals surface area contributed by atoms with Crippen LogP contribution in [0.5, 0.6) is 0 Å². The molecule has 2 atom stereocenters. The molecular weight excluding hydrogens is 212 g/mol. The van der Waals surface area contributed by atoms with E-state index in [1.165, 1.54) is 0 Å². The van der Waals surface area contributed by atoms with Gasteiger partial charge in [0.05, 0.1) is 19.8 Å². The largest absolute Gasteiger partial charge is 0.465 e. The van der Waals surface area contributed by atoms with Crippen molar-refractivity contribution in [2.24, 2.45) is 11.8 Å². The summed E-state index contributed by atoms with van der Waals surface area (Å²) in [7, 11) is 0. The summed E-state index contributed by atoms with van der Waals surface area (Å²) in [5.74, 6) is -1.33. The average Bonchev–Trinajstić information content (AvgIpc) is 2.61. The molecule has 2 unspecified atom stereocenters. The van der Waals surface area contributed by atoms with Gasteiger partial charge in [-0.25, -0.2) is 9.78 Å². The standard InChI is InChI=1S/C11H18O5/c1-3-14-11(13)9-6-5-8(10(9)12)7-16-15-4-2/h8-9H,3-7H2,1-2H3. The monoisotopic (exact) mass is 230 g/mol. The molecule has 92 valence electrons. The molecule has 1 rings (SSSR count). The molecule has 0 bridgehead atoms. The minimum atomic E-state index is -0.602. The maximum absolute atomic E-state index is 11.8. The number of hydrogen-bond acceptors (Lipinski definition) is 5. The molecule has 0 aromatic rings. The molecular formula is C11H18O5. The Morgan fingerprint density at radius 1 is 1.25 bits per heavy atom. The van der Waals surface area contributed by atoms with Gasteiger partial charge in [0.1, 0.15) is 5.92 Å². The molecule has 1 saturated carbocycles. The molecule has 0 N–H and O–H groups in total. The van der Waals surface area contributed by atoms with E-state index in [1.54, 1.807) is 13.8 Å². The van der Waals surface area contributed by atoms with Gasteiger partial charge in [-0.1, -0.05) is 0 Å². The molecule has 0 spiro atoms. The van der Waals surface area contributed by atoms with Crippen LogP contribution in [-0.2, 0) is 24.1 Å². The van der Waals surface area contributed by atoms with Crippen molar-refractivity contribution in [1.82, 2.24) is 0 Å². The molecule has 5 nitrogen and oxygen atoms in total. The van der Waals surface area contributed by atoms with Crippen LogP contribution in [0, 0.1) is 11.8 Å². The molecule has 5 heteroatoms. The summed E-state index contributed by atoms with van der Waals surface area (Å²) in [5, 5.41) is 0. The van der Waals surface area contributed by atoms with E-state index < -0.39 is 11.9 Å². The van der Waals surface area contributed by atoms with Gasteiger partial charge in [-0.15, -0.1) is 0 Å². The molecule has 1 aliphatic carbocycles. The lowest BCUT2D eigenvalue weighted by atomic mass is 10.0. The van der Waals surface area contributed by atoms with Gasteiger partial charge in [0.15, 0.2) is 5.78 Å². The van der Waals surface area contributed by atoms with E-state index in [0.29, 0.717) is 26.1 Å². The summed E-state index contributed by atoms with van der Waals surface area (Å²) in [6.45, 7) is 4.51. The minimum absolute atomic E-state index is 0.0850. The second kappa shape index (κ2) is 6.60. The number of rotatable bonds is 6. The summed E-state index contributed by atoms with van der Waals surface area (Å²) in [6.07, 6.45) is 1.22. The highest BCUT2D eigenvalue weighted by Crippen LogP contribution is 2.28. The van der Waals surface area contributed by atoms with Gasteiger partial charge in [0.25, 0.3) is 0 Å². The zero-order valence-corrected chi connectivity index (χ0v) is 9.73. The van der Waals surface area contributed by atoms with Crippen molar-refractivity contribution in [3.8, 4) is 0 Å². The summed E-state index contributed by atoms with van der Waals surface area (Å²) in [6, 6.07) is 0. The van der Waals surface area contributed by atoms with E-state index in [4.69, 9.17) is 14.5 Å². The SMILES string of the molecule is CCOOCC1CCC(C(=O)OCC)C1=O. The molecule has 1 fully saturated rings. The van der Waals surface area contributed by atoms with Gasteiger partial charge < -0.3 is 4.74 Å². The third kappa shape index (κ3) is 3.28. The van der Waals surface area contributed by atoms with Gasteiger partial charge in [-0.3, -0.25) is 9.59 Å². The fraction of sp³-hybridized carbons (Fsp3) is 0.818. The highest BCUT2D eigenvalue weighted by atomic mass is 17.2. The first-order valence-corrected chi connectivity index (χ1v) is 5.65. The lowest BCUT2D eigenvalue weighted by molar-refractivity contribution is -0.296. The van der Waals surface area contributed by atoms with Crippen LogP contribution in [0.25, 0.3) is 0 Å². The Morgan fingerprint density at radius 3 is 2.62 bits per heavy atom. The predicted octanol–water partition coefficient (Wildman–Crippen LogP) is 1.11. The smallest absolute Gasteiger partial charge is 0.316 e. The van der Waals surface area contributed by atoms with Gasteiger partial charge in [-0.2, -0.15) is 0 Å². The zero-order valence-electron chi connectivity index (χ0n) is 9.73. The van der Waals surface area contributed by atoms with Crippen LogP contribution < -0.4 is 0 Å². The number of esters is 1. The van der Waals surface area contributed by atoms with Gasteiger partial charge in [0.2, 0.25) is 0 Å². The Hall–Kier alpha value is -0.940. The Morgan fingerprint density at radius 2 is 2.00 bits per heavy atom. The fourth-order valence-electron chi connectivity index (χ4n) is 1.79. The van der Waals surface area contributed by atoms with Crippen molar-refractivity contribution in [2.75, 3.05) is 19.8 Å². The number of ketones is 1. The second-order valence-corrected chi connectivity index (χ2v) is 3.67. The van der Waals surface area contributed by atoms with Crippen molar-refractivity contribution in [3.63, 3.8) is 0 Å². The van der Waals surface area contributed by atoms with Crippen molar-refractivity contribution in [3.05, 3.63) is 0 Å². The minimum Gasteiger partial charge on any atom is -0.465 e. The van der Waals surface area contributed by atoms with Crippen LogP contribution in [0.4, 0.5) is 0 Å². The highest BCUT2D eigenvalue weighted by molar-refractivity contribution is 6.01. The van der Waals surface area contributed by atoms with Crippen LogP contribution in [0.15, 0.2) is 0 Å². The second-order valence-electron chi connectivity index (χ2n) is 3.67. The molecule has 0 radical (unpaired) electrons. The predicted molar refractivity (Wildman–Crippen MR) is 55.4 cm³/mol. The summed E-state index contributed by atoms with van der Waals surface area (Å²) >= 11 is 0. The normalized spacial score (nSPS) is 24.8. The first kappa shape index (κ1) is 13.1. The summed E-state index contributed by atoms with van der Waals surface area (Å²) < 4.78 is 4.84. The molecule has 0 amide bonds. The Bertz CT molecular complexity index is 251. The first-order chi connectivity index (χ1) is 7.70. The Balaban J connectivity index is 2.38. The summed E-state index contributed by atoms with van der Waals surface area (Å²) in [4.78, 5) is 32.8. The first-order valence-electron chi connectivity index (χ1n) is 5.65. The molecule has 0 saturated heterocycles. The van der Waals surface area contributed by atoms with Gasteiger partial charge in [-0.05, 0) is 26.7 Å². The molecule has 0 heterocycles. The third-order valence-electron chi connectivity index (χ3n) is 2.59. The quantitative estimate of drug-likeness (QED) is 0.225. The number of hydrogen-bond donors (Lipinski definition) is 0. The van der Waals surface area contributed by atoms with Crippen LogP contribution in [0.3, 0.4) is 0 Å². The summed E-state index contributed by atoms with van der Waals surface area (Å²) in [5.41, 5.74) is 0. The van der Waals surface area contributed by atoms with E-state index in [1.807, 2.05) is 0 Å². The maximum Gasteiger partial charge on any atom is 0.316 e. The van der Waals surface area contributed by atoms with E-state index in [2.05, 4.69) is 0 Å². The lowest BCUT2D eigenvalue weighted by Crippen LogP contribution is -2.26. The van der Waals surface area contributed by atoms with Crippen LogP contribution in [-0.4, -0.2) is 31.6 Å². The van der Waals surface area contributed by atoms with Gasteiger partial charge >= 0.3 is 5.97 Å². The molecule has 16 heavy (non-hydrogen) atoms. The molecule has 0 aromatic heterocycles. The van der Waals surface area contributed by atoms with Crippen LogP contribution in [0.1, 0.15) is 26.7 Å². The van der Waals surface area contributed by atoms with E-state index in [9.17, 15) is 9.59 Å². The van der Waals surface area contributed by atoms with Gasteiger partial charge in [0, 0.05) is 5.92 Å². The fourth-order valence-corrected chi connectivity index (χ4v) is 1.79. The van der Waals surface area contributed by atoms with Crippen LogP contribution in [0.2, 0.25) is 0 Å². The van der Waals surface area contributed by atoms with E-state index >= 15 is 0 Å². The number of Topliss-reactive ketones (excluding diaryl/α,β-unsaturated/α-hetero) is 1. The van der Waals surface area contributed by atoms with Crippen LogP contribution >= 0.6 is 0 Å². The third-order valence-corrected chi connectivity index (χ3v) is 2.59. The highest BCUT2D eigenvalue weighted by Gasteiger charge is 2.39. The number of carbonyl (C=O) groups is 2. The van der Waals surface area contributed by atoms with Crippen molar-refractivity contribution in [1.29, 1.82) is 0 Å². The topological polar surface area (TPSA) is 61.8 Å². The van der Waals surface area contributed by atoms with Crippen molar-refractivity contribution < 1.29 is 24.1 Å². The zero-order chi connectivity index (χ0) is 12.0. The van der Waals surface area contributed by atoms with Crippen molar-refractivity contribution in [2.45, 2.75) is 26.7 Å². The number of ether oxygens (including phenoxy) is 1. The lowest BCUT2D eigenvalue weighted by Gasteiger charge is -2.09. The Kier molecular flexibility index (Phi) is 5.42. The average molecular weight is 230 g/mol. The molecule has 0 aromatic carbocycles. The number of carbonyl (C=O) groups excluding carboxylic acids is 2. The maximum atomic E-state index is 11.8. The molecule has 0 aliphatic heterocycles.